The summed E-state index contributed by atoms with van der Waals surface area (Å²) < 4.78 is 12.0. The molecule has 0 aliphatic carbocycles. The zero-order valence-electron chi connectivity index (χ0n) is 14.3. The molecule has 0 aliphatic rings. The first kappa shape index (κ1) is 17.1. The van der Waals surface area contributed by atoms with Crippen molar-refractivity contribution < 1.29 is 14.6 Å². The molecule has 0 saturated heterocycles. The first-order chi connectivity index (χ1) is 12.3. The van der Waals surface area contributed by atoms with Gasteiger partial charge in [0, 0.05) is 0 Å². The molecule has 25 heavy (non-hydrogen) atoms. The van der Waals surface area contributed by atoms with Crippen molar-refractivity contribution in [3.05, 3.63) is 95.1 Å². The third-order valence-electron chi connectivity index (χ3n) is 3.95. The van der Waals surface area contributed by atoms with Gasteiger partial charge in [0.05, 0.1) is 6.61 Å². The van der Waals surface area contributed by atoms with Crippen LogP contribution in [0.5, 0.6) is 11.5 Å². The fourth-order valence-electron chi connectivity index (χ4n) is 2.66. The third-order valence-corrected chi connectivity index (χ3v) is 3.95. The number of hydrogen-bond donors (Lipinski definition) is 1. The number of ether oxygens (including phenoxy) is 2. The van der Waals surface area contributed by atoms with E-state index in [1.165, 1.54) is 0 Å². The third kappa shape index (κ3) is 4.61. The van der Waals surface area contributed by atoms with Crippen molar-refractivity contribution in [1.29, 1.82) is 0 Å². The van der Waals surface area contributed by atoms with Crippen molar-refractivity contribution in [2.45, 2.75) is 26.7 Å². The highest BCUT2D eigenvalue weighted by Crippen LogP contribution is 2.34. The van der Waals surface area contributed by atoms with Crippen molar-refractivity contribution >= 4 is 0 Å². The quantitative estimate of drug-likeness (QED) is 0.684. The highest BCUT2D eigenvalue weighted by Gasteiger charge is 2.12. The van der Waals surface area contributed by atoms with Crippen molar-refractivity contribution in [3.8, 4) is 11.5 Å². The highest BCUT2D eigenvalue weighted by molar-refractivity contribution is 5.49. The molecule has 0 heterocycles. The summed E-state index contributed by atoms with van der Waals surface area (Å²) in [5.74, 6) is 1.38. The Morgan fingerprint density at radius 3 is 1.84 bits per heavy atom. The molecule has 3 rings (SSSR count). The van der Waals surface area contributed by atoms with Gasteiger partial charge in [0.2, 0.25) is 0 Å². The summed E-state index contributed by atoms with van der Waals surface area (Å²) in [4.78, 5) is 0. The van der Waals surface area contributed by atoms with Gasteiger partial charge in [0.25, 0.3) is 0 Å². The van der Waals surface area contributed by atoms with Crippen LogP contribution < -0.4 is 9.47 Å². The van der Waals surface area contributed by atoms with Crippen LogP contribution in [0, 0.1) is 6.92 Å². The predicted molar refractivity (Wildman–Crippen MR) is 98.6 cm³/mol. The second kappa shape index (κ2) is 8.36. The van der Waals surface area contributed by atoms with E-state index in [9.17, 15) is 5.11 Å². The second-order valence-electron chi connectivity index (χ2n) is 5.95. The maximum Gasteiger partial charge on any atom is 0.164 e. The smallest absolute Gasteiger partial charge is 0.164 e. The maximum absolute atomic E-state index is 9.47. The van der Waals surface area contributed by atoms with E-state index >= 15 is 0 Å². The Hall–Kier alpha value is -2.78. The van der Waals surface area contributed by atoms with Gasteiger partial charge >= 0.3 is 0 Å². The predicted octanol–water partition coefficient (Wildman–Crippen LogP) is 4.65. The van der Waals surface area contributed by atoms with Crippen molar-refractivity contribution in [2.75, 3.05) is 0 Å². The number of rotatable bonds is 7. The minimum Gasteiger partial charge on any atom is -0.485 e. The Morgan fingerprint density at radius 2 is 1.28 bits per heavy atom. The second-order valence-corrected chi connectivity index (χ2v) is 5.95. The summed E-state index contributed by atoms with van der Waals surface area (Å²) in [7, 11) is 0. The lowest BCUT2D eigenvalue weighted by Gasteiger charge is -2.16. The molecule has 0 aromatic heterocycles. The molecule has 3 aromatic rings. The van der Waals surface area contributed by atoms with E-state index in [0.717, 1.165) is 28.0 Å². The minimum atomic E-state index is -0.0263. The molecule has 0 atom stereocenters. The molecule has 128 valence electrons. The fourth-order valence-corrected chi connectivity index (χ4v) is 2.66. The lowest BCUT2D eigenvalue weighted by atomic mass is 10.1. The Labute approximate surface area is 148 Å². The molecule has 0 aliphatic heterocycles. The van der Waals surface area contributed by atoms with Crippen LogP contribution in [-0.2, 0) is 19.8 Å². The fraction of sp³-hybridized carbons (Fsp3) is 0.182. The summed E-state index contributed by atoms with van der Waals surface area (Å²) >= 11 is 0. The Bertz CT molecular complexity index is 798. The van der Waals surface area contributed by atoms with E-state index < -0.39 is 0 Å². The molecule has 0 spiro atoms. The van der Waals surface area contributed by atoms with E-state index in [2.05, 4.69) is 0 Å². The van der Waals surface area contributed by atoms with Gasteiger partial charge < -0.3 is 14.6 Å². The molecule has 0 saturated carbocycles. The lowest BCUT2D eigenvalue weighted by molar-refractivity contribution is 0.251. The van der Waals surface area contributed by atoms with Crippen molar-refractivity contribution in [3.63, 3.8) is 0 Å². The van der Waals surface area contributed by atoms with Gasteiger partial charge in [-0.25, -0.2) is 0 Å². The van der Waals surface area contributed by atoms with Gasteiger partial charge in [0.15, 0.2) is 11.5 Å². The van der Waals surface area contributed by atoms with Crippen LogP contribution in [0.3, 0.4) is 0 Å². The molecule has 0 unspecified atom stereocenters. The molecule has 3 aromatic carbocycles. The van der Waals surface area contributed by atoms with Crippen LogP contribution in [0.25, 0.3) is 0 Å². The van der Waals surface area contributed by atoms with Gasteiger partial charge in [0.1, 0.15) is 13.2 Å². The van der Waals surface area contributed by atoms with Gasteiger partial charge in [-0.2, -0.15) is 0 Å². The average Bonchev–Trinajstić information content (AvgIpc) is 2.67. The van der Waals surface area contributed by atoms with E-state index in [0.29, 0.717) is 19.0 Å². The molecule has 0 radical (unpaired) electrons. The zero-order chi connectivity index (χ0) is 17.5. The lowest BCUT2D eigenvalue weighted by Crippen LogP contribution is -2.03. The minimum absolute atomic E-state index is 0.0263. The SMILES string of the molecule is Cc1cc(CO)cc(OCc2ccccc2)c1OCc1ccccc1. The molecule has 3 nitrogen and oxygen atoms in total. The van der Waals surface area contributed by atoms with Crippen molar-refractivity contribution in [2.24, 2.45) is 0 Å². The van der Waals surface area contributed by atoms with Gasteiger partial charge in [-0.3, -0.25) is 0 Å². The summed E-state index contributed by atoms with van der Waals surface area (Å²) in [6.07, 6.45) is 0. The summed E-state index contributed by atoms with van der Waals surface area (Å²) in [6.45, 7) is 2.87. The van der Waals surface area contributed by atoms with Crippen LogP contribution in [0.15, 0.2) is 72.8 Å². The number of aryl methyl sites for hydroxylation is 1. The summed E-state index contributed by atoms with van der Waals surface area (Å²) in [5.41, 5.74) is 3.95. The molecule has 0 fully saturated rings. The Balaban J connectivity index is 1.80. The van der Waals surface area contributed by atoms with Crippen LogP contribution >= 0.6 is 0 Å². The molecule has 3 heteroatoms. The largest absolute Gasteiger partial charge is 0.485 e. The van der Waals surface area contributed by atoms with Crippen LogP contribution in [0.1, 0.15) is 22.3 Å². The first-order valence-electron chi connectivity index (χ1n) is 8.34. The number of hydrogen-bond acceptors (Lipinski definition) is 3. The Morgan fingerprint density at radius 1 is 0.720 bits per heavy atom. The summed E-state index contributed by atoms with van der Waals surface area (Å²) in [6, 6.07) is 23.8. The number of aliphatic hydroxyl groups excluding tert-OH is 1. The molecule has 1 N–H and O–H groups in total. The van der Waals surface area contributed by atoms with Crippen LogP contribution in [0.4, 0.5) is 0 Å². The van der Waals surface area contributed by atoms with Gasteiger partial charge in [-0.15, -0.1) is 0 Å². The number of aliphatic hydroxyl groups is 1. The topological polar surface area (TPSA) is 38.7 Å². The van der Waals surface area contributed by atoms with E-state index in [-0.39, 0.29) is 6.61 Å². The average molecular weight is 334 g/mol. The molecule has 0 bridgehead atoms. The van der Waals surface area contributed by atoms with E-state index in [1.54, 1.807) is 0 Å². The highest BCUT2D eigenvalue weighted by atomic mass is 16.5. The standard InChI is InChI=1S/C22H22O3/c1-17-12-20(14-23)13-21(24-15-18-8-4-2-5-9-18)22(17)25-16-19-10-6-3-7-11-19/h2-13,23H,14-16H2,1H3. The molecular formula is C22H22O3. The van der Waals surface area contributed by atoms with Crippen LogP contribution in [-0.4, -0.2) is 5.11 Å². The van der Waals surface area contributed by atoms with Gasteiger partial charge in [-0.1, -0.05) is 60.7 Å². The maximum atomic E-state index is 9.47. The molecular weight excluding hydrogens is 312 g/mol. The molecule has 0 amide bonds. The van der Waals surface area contributed by atoms with Crippen molar-refractivity contribution in [1.82, 2.24) is 0 Å². The normalized spacial score (nSPS) is 10.5. The monoisotopic (exact) mass is 334 g/mol. The Kier molecular flexibility index (Phi) is 5.70. The number of benzene rings is 3. The zero-order valence-corrected chi connectivity index (χ0v) is 14.3. The van der Waals surface area contributed by atoms with E-state index in [4.69, 9.17) is 9.47 Å². The first-order valence-corrected chi connectivity index (χ1v) is 8.34. The summed E-state index contributed by atoms with van der Waals surface area (Å²) in [5, 5.41) is 9.47. The van der Waals surface area contributed by atoms with Crippen LogP contribution in [0.2, 0.25) is 0 Å². The van der Waals surface area contributed by atoms with Gasteiger partial charge in [-0.05, 0) is 41.3 Å². The van der Waals surface area contributed by atoms with E-state index in [1.807, 2.05) is 79.7 Å².